The van der Waals surface area contributed by atoms with E-state index in [0.29, 0.717) is 18.8 Å². The van der Waals surface area contributed by atoms with Crippen molar-refractivity contribution in [2.75, 3.05) is 6.54 Å². The van der Waals surface area contributed by atoms with Crippen LogP contribution in [0.5, 0.6) is 5.88 Å². The van der Waals surface area contributed by atoms with Crippen LogP contribution in [-0.2, 0) is 6.42 Å². The van der Waals surface area contributed by atoms with Gasteiger partial charge in [-0.15, -0.1) is 0 Å². The van der Waals surface area contributed by atoms with Gasteiger partial charge in [0.2, 0.25) is 5.88 Å². The molecule has 0 bridgehead atoms. The maximum atomic E-state index is 11.1. The molecule has 13 heavy (non-hydrogen) atoms. The maximum absolute atomic E-state index is 11.1. The van der Waals surface area contributed by atoms with E-state index in [2.05, 4.69) is 9.97 Å². The van der Waals surface area contributed by atoms with E-state index in [1.807, 2.05) is 0 Å². The molecule has 1 aromatic heterocycles. The van der Waals surface area contributed by atoms with Crippen LogP contribution in [-0.4, -0.2) is 21.6 Å². The second kappa shape index (κ2) is 4.04. The maximum Gasteiger partial charge on any atom is 0.257 e. The second-order valence-electron chi connectivity index (χ2n) is 2.85. The van der Waals surface area contributed by atoms with Crippen LogP contribution in [0.3, 0.4) is 0 Å². The molecule has 0 atom stereocenters. The third kappa shape index (κ3) is 2.29. The Kier molecular flexibility index (Phi) is 3.02. The van der Waals surface area contributed by atoms with Crippen molar-refractivity contribution in [2.24, 2.45) is 5.73 Å². The standard InChI is InChI=1S/C8H13N3O2/c1-5-7(12)10-6(3-2-4-9)11-8(5)13/h2-4,9H2,1H3,(H2,10,11,12,13). The summed E-state index contributed by atoms with van der Waals surface area (Å²) < 4.78 is 0. The average Bonchev–Trinajstić information content (AvgIpc) is 2.10. The van der Waals surface area contributed by atoms with E-state index < -0.39 is 0 Å². The van der Waals surface area contributed by atoms with E-state index in [-0.39, 0.29) is 17.0 Å². The van der Waals surface area contributed by atoms with E-state index >= 15 is 0 Å². The van der Waals surface area contributed by atoms with Crippen molar-refractivity contribution in [2.45, 2.75) is 19.8 Å². The SMILES string of the molecule is Cc1c(O)nc(CCCN)[nH]c1=O. The summed E-state index contributed by atoms with van der Waals surface area (Å²) in [5, 5.41) is 9.22. The molecule has 0 saturated carbocycles. The van der Waals surface area contributed by atoms with Gasteiger partial charge in [-0.25, -0.2) is 4.98 Å². The summed E-state index contributed by atoms with van der Waals surface area (Å²) >= 11 is 0. The lowest BCUT2D eigenvalue weighted by Gasteiger charge is -2.01. The quantitative estimate of drug-likeness (QED) is 0.598. The zero-order chi connectivity index (χ0) is 9.84. The van der Waals surface area contributed by atoms with Crippen LogP contribution in [0.1, 0.15) is 17.8 Å². The minimum atomic E-state index is -0.292. The molecule has 5 heteroatoms. The first-order valence-corrected chi connectivity index (χ1v) is 4.14. The van der Waals surface area contributed by atoms with Gasteiger partial charge in [-0.3, -0.25) is 4.79 Å². The van der Waals surface area contributed by atoms with Crippen molar-refractivity contribution < 1.29 is 5.11 Å². The monoisotopic (exact) mass is 183 g/mol. The number of H-pyrrole nitrogens is 1. The largest absolute Gasteiger partial charge is 0.493 e. The van der Waals surface area contributed by atoms with Gasteiger partial charge in [-0.1, -0.05) is 0 Å². The number of aromatic hydroxyl groups is 1. The molecule has 0 spiro atoms. The van der Waals surface area contributed by atoms with Crippen LogP contribution >= 0.6 is 0 Å². The summed E-state index contributed by atoms with van der Waals surface area (Å²) in [5.41, 5.74) is 5.25. The number of hydrogen-bond donors (Lipinski definition) is 3. The van der Waals surface area contributed by atoms with Crippen molar-refractivity contribution in [1.29, 1.82) is 0 Å². The molecule has 4 N–H and O–H groups in total. The number of aromatic amines is 1. The Morgan fingerprint density at radius 2 is 2.31 bits per heavy atom. The van der Waals surface area contributed by atoms with Crippen LogP contribution in [0.2, 0.25) is 0 Å². The molecule has 0 aliphatic rings. The smallest absolute Gasteiger partial charge is 0.257 e. The predicted molar refractivity (Wildman–Crippen MR) is 48.6 cm³/mol. The lowest BCUT2D eigenvalue weighted by molar-refractivity contribution is 0.442. The molecule has 0 radical (unpaired) electrons. The van der Waals surface area contributed by atoms with E-state index in [1.165, 1.54) is 6.92 Å². The molecule has 72 valence electrons. The normalized spacial score (nSPS) is 10.3. The lowest BCUT2D eigenvalue weighted by Crippen LogP contribution is -2.15. The van der Waals surface area contributed by atoms with Crippen molar-refractivity contribution in [3.05, 3.63) is 21.7 Å². The molecule has 0 fully saturated rings. The molecule has 1 aromatic rings. The summed E-state index contributed by atoms with van der Waals surface area (Å²) in [4.78, 5) is 17.5. The first-order valence-electron chi connectivity index (χ1n) is 4.14. The summed E-state index contributed by atoms with van der Waals surface area (Å²) in [7, 11) is 0. The van der Waals surface area contributed by atoms with Gasteiger partial charge in [-0.05, 0) is 19.9 Å². The minimum absolute atomic E-state index is 0.198. The number of rotatable bonds is 3. The Balaban J connectivity index is 2.93. The second-order valence-corrected chi connectivity index (χ2v) is 2.85. The Labute approximate surface area is 75.6 Å². The number of nitrogens with one attached hydrogen (secondary N) is 1. The molecular weight excluding hydrogens is 170 g/mol. The van der Waals surface area contributed by atoms with Gasteiger partial charge < -0.3 is 15.8 Å². The lowest BCUT2D eigenvalue weighted by atomic mass is 10.3. The summed E-state index contributed by atoms with van der Waals surface area (Å²) in [6.45, 7) is 2.06. The van der Waals surface area contributed by atoms with Gasteiger partial charge >= 0.3 is 0 Å². The molecule has 1 heterocycles. The van der Waals surface area contributed by atoms with E-state index in [4.69, 9.17) is 5.73 Å². The van der Waals surface area contributed by atoms with Gasteiger partial charge in [0.05, 0.1) is 5.56 Å². The molecule has 1 rings (SSSR count). The number of nitrogens with two attached hydrogens (primary N) is 1. The van der Waals surface area contributed by atoms with Crippen molar-refractivity contribution in [3.63, 3.8) is 0 Å². The number of nitrogens with zero attached hydrogens (tertiary/aromatic N) is 1. The summed E-state index contributed by atoms with van der Waals surface area (Å²) in [6.07, 6.45) is 1.32. The van der Waals surface area contributed by atoms with Crippen molar-refractivity contribution in [3.8, 4) is 5.88 Å². The van der Waals surface area contributed by atoms with Gasteiger partial charge in [0.25, 0.3) is 5.56 Å². The number of aromatic nitrogens is 2. The first kappa shape index (κ1) is 9.73. The molecule has 0 unspecified atom stereocenters. The van der Waals surface area contributed by atoms with Gasteiger partial charge in [0.15, 0.2) is 0 Å². The predicted octanol–water partition coefficient (Wildman–Crippen LogP) is -0.325. The fraction of sp³-hybridized carbons (Fsp3) is 0.500. The van der Waals surface area contributed by atoms with Crippen LogP contribution in [0.4, 0.5) is 0 Å². The number of aryl methyl sites for hydroxylation is 1. The van der Waals surface area contributed by atoms with Gasteiger partial charge in [0, 0.05) is 6.42 Å². The fourth-order valence-electron chi connectivity index (χ4n) is 0.954. The molecule has 0 aromatic carbocycles. The Morgan fingerprint density at radius 3 is 2.85 bits per heavy atom. The molecular formula is C8H13N3O2. The molecule has 5 nitrogen and oxygen atoms in total. The third-order valence-electron chi connectivity index (χ3n) is 1.79. The molecule has 0 saturated heterocycles. The minimum Gasteiger partial charge on any atom is -0.493 e. The van der Waals surface area contributed by atoms with Gasteiger partial charge in [-0.2, -0.15) is 0 Å². The Morgan fingerprint density at radius 1 is 1.62 bits per heavy atom. The highest BCUT2D eigenvalue weighted by Gasteiger charge is 2.04. The topological polar surface area (TPSA) is 92.0 Å². The van der Waals surface area contributed by atoms with E-state index in [1.54, 1.807) is 0 Å². The Bertz CT molecular complexity index is 346. The van der Waals surface area contributed by atoms with Crippen LogP contribution in [0.15, 0.2) is 4.79 Å². The van der Waals surface area contributed by atoms with Crippen LogP contribution < -0.4 is 11.3 Å². The third-order valence-corrected chi connectivity index (χ3v) is 1.79. The molecule has 0 aliphatic carbocycles. The first-order chi connectivity index (χ1) is 6.15. The zero-order valence-electron chi connectivity index (χ0n) is 7.50. The summed E-state index contributed by atoms with van der Waals surface area (Å²) in [6, 6.07) is 0. The highest BCUT2D eigenvalue weighted by atomic mass is 16.3. The van der Waals surface area contributed by atoms with Crippen LogP contribution in [0.25, 0.3) is 0 Å². The fourth-order valence-corrected chi connectivity index (χ4v) is 0.954. The van der Waals surface area contributed by atoms with Crippen molar-refractivity contribution in [1.82, 2.24) is 9.97 Å². The molecule has 0 aliphatic heterocycles. The highest BCUT2D eigenvalue weighted by Crippen LogP contribution is 2.06. The van der Waals surface area contributed by atoms with E-state index in [0.717, 1.165) is 6.42 Å². The zero-order valence-corrected chi connectivity index (χ0v) is 7.50. The van der Waals surface area contributed by atoms with E-state index in [9.17, 15) is 9.90 Å². The Hall–Kier alpha value is -1.36. The molecule has 0 amide bonds. The average molecular weight is 183 g/mol. The number of hydrogen-bond acceptors (Lipinski definition) is 4. The van der Waals surface area contributed by atoms with Crippen molar-refractivity contribution >= 4 is 0 Å². The highest BCUT2D eigenvalue weighted by molar-refractivity contribution is 5.20. The van der Waals surface area contributed by atoms with Gasteiger partial charge in [0.1, 0.15) is 5.82 Å². The summed E-state index contributed by atoms with van der Waals surface area (Å²) in [5.74, 6) is 0.286. The van der Waals surface area contributed by atoms with Crippen LogP contribution in [0, 0.1) is 6.92 Å².